The van der Waals surface area contributed by atoms with E-state index in [0.29, 0.717) is 31.9 Å². The Balaban J connectivity index is 1.52. The average Bonchev–Trinajstić information content (AvgIpc) is 3.31. The molecule has 3 aliphatic rings. The number of allylic oxidation sites excluding steroid dienone is 1. The second kappa shape index (κ2) is 10.0. The Morgan fingerprint density at radius 1 is 1.21 bits per heavy atom. The lowest BCUT2D eigenvalue weighted by molar-refractivity contribution is -0.140. The Labute approximate surface area is 202 Å². The summed E-state index contributed by atoms with van der Waals surface area (Å²) in [5, 5.41) is 10.0. The van der Waals surface area contributed by atoms with Crippen LogP contribution in [0.3, 0.4) is 0 Å². The number of amides is 2. The fourth-order valence-electron chi connectivity index (χ4n) is 6.08. The van der Waals surface area contributed by atoms with Gasteiger partial charge in [0.05, 0.1) is 31.2 Å². The summed E-state index contributed by atoms with van der Waals surface area (Å²) < 4.78 is 11.8. The molecule has 4 rings (SSSR count). The number of phenolic OH excluding ortho intramolecular Hbond substituents is 1. The first-order valence-corrected chi connectivity index (χ1v) is 12.4. The topological polar surface area (TPSA) is 76.1 Å². The third kappa shape index (κ3) is 4.46. The van der Waals surface area contributed by atoms with Crippen LogP contribution >= 0.6 is 0 Å². The minimum Gasteiger partial charge on any atom is -0.507 e. The highest BCUT2D eigenvalue weighted by Crippen LogP contribution is 2.49. The van der Waals surface area contributed by atoms with Crippen molar-refractivity contribution in [2.75, 3.05) is 26.9 Å². The van der Waals surface area contributed by atoms with Gasteiger partial charge in [-0.05, 0) is 86.4 Å². The van der Waals surface area contributed by atoms with Crippen LogP contribution < -0.4 is 0 Å². The Kier molecular flexibility index (Phi) is 7.29. The van der Waals surface area contributed by atoms with Crippen LogP contribution in [-0.2, 0) is 19.1 Å². The molecule has 0 radical (unpaired) electrons. The number of hydrogen-bond donors (Lipinski definition) is 1. The second-order valence-corrected chi connectivity index (χ2v) is 10.1. The van der Waals surface area contributed by atoms with Gasteiger partial charge in [0.15, 0.2) is 0 Å². The molecule has 0 spiro atoms. The summed E-state index contributed by atoms with van der Waals surface area (Å²) >= 11 is 0. The fraction of sp³-hybridized carbons (Fsp3) is 0.571. The van der Waals surface area contributed by atoms with Crippen molar-refractivity contribution in [3.05, 3.63) is 45.5 Å². The van der Waals surface area contributed by atoms with Gasteiger partial charge < -0.3 is 14.6 Å². The molecule has 2 saturated heterocycles. The number of aromatic hydroxyl groups is 1. The Hall–Kier alpha value is -2.44. The number of ether oxygens (including phenoxy) is 2. The largest absolute Gasteiger partial charge is 0.507 e. The van der Waals surface area contributed by atoms with E-state index in [4.69, 9.17) is 9.47 Å². The van der Waals surface area contributed by atoms with E-state index in [1.165, 1.54) is 16.0 Å². The van der Waals surface area contributed by atoms with Crippen LogP contribution in [0.5, 0.6) is 5.75 Å². The van der Waals surface area contributed by atoms with Gasteiger partial charge in [-0.2, -0.15) is 0 Å². The van der Waals surface area contributed by atoms with Crippen LogP contribution in [0.4, 0.5) is 0 Å². The molecule has 6 nitrogen and oxygen atoms in total. The molecule has 184 valence electrons. The van der Waals surface area contributed by atoms with Gasteiger partial charge in [0, 0.05) is 19.6 Å². The summed E-state index contributed by atoms with van der Waals surface area (Å²) in [6.07, 6.45) is 5.17. The van der Waals surface area contributed by atoms with Crippen molar-refractivity contribution in [2.24, 2.45) is 17.8 Å². The van der Waals surface area contributed by atoms with Crippen LogP contribution in [0, 0.1) is 31.6 Å². The summed E-state index contributed by atoms with van der Waals surface area (Å²) in [6, 6.07) is 4.00. The number of nitrogens with zero attached hydrogens (tertiary/aromatic N) is 1. The predicted octanol–water partition coefficient (Wildman–Crippen LogP) is 4.57. The number of rotatable bonds is 8. The van der Waals surface area contributed by atoms with Crippen molar-refractivity contribution in [1.82, 2.24) is 4.90 Å². The zero-order valence-corrected chi connectivity index (χ0v) is 21.0. The molecule has 2 amide bonds. The van der Waals surface area contributed by atoms with Gasteiger partial charge >= 0.3 is 0 Å². The van der Waals surface area contributed by atoms with Gasteiger partial charge in [-0.25, -0.2) is 0 Å². The zero-order chi connectivity index (χ0) is 24.6. The zero-order valence-electron chi connectivity index (χ0n) is 21.0. The Bertz CT molecular complexity index is 1020. The van der Waals surface area contributed by atoms with Crippen LogP contribution in [0.15, 0.2) is 28.9 Å². The maximum Gasteiger partial charge on any atom is 0.233 e. The van der Waals surface area contributed by atoms with E-state index in [2.05, 4.69) is 13.0 Å². The van der Waals surface area contributed by atoms with Crippen LogP contribution in [0.25, 0.3) is 6.08 Å². The van der Waals surface area contributed by atoms with Crippen molar-refractivity contribution < 1.29 is 24.2 Å². The SMILES string of the molecule is CCCN1C(=O)[C@@H]2[C@@H](CC(COC)=C3[C@@H](CC/C(C)=C/c4cc(C)c(O)c(C)c4)OC[C@@H]32)C1=O. The van der Waals surface area contributed by atoms with E-state index < -0.39 is 0 Å². The monoisotopic (exact) mass is 467 g/mol. The Morgan fingerprint density at radius 2 is 1.91 bits per heavy atom. The van der Waals surface area contributed by atoms with Gasteiger partial charge in [0.1, 0.15) is 5.75 Å². The standard InChI is InChI=1S/C28H37NO5/c1-6-9-29-27(31)21-13-20(14-33-5)24-22(25(21)28(29)32)15-34-23(24)8-7-16(2)10-19-11-17(3)26(30)18(4)12-19/h10-12,21-23,25,30H,6-9,13-15H2,1-5H3/b16-10+/t21-,22+,23-,25-/m1/s1. The quantitative estimate of drug-likeness (QED) is 0.448. The van der Waals surface area contributed by atoms with Gasteiger partial charge in [-0.3, -0.25) is 14.5 Å². The summed E-state index contributed by atoms with van der Waals surface area (Å²) in [5.74, 6) is -0.285. The van der Waals surface area contributed by atoms with Crippen LogP contribution in [-0.4, -0.2) is 54.8 Å². The summed E-state index contributed by atoms with van der Waals surface area (Å²) in [7, 11) is 1.68. The van der Waals surface area contributed by atoms with Gasteiger partial charge in [-0.1, -0.05) is 18.6 Å². The first-order chi connectivity index (χ1) is 16.3. The molecule has 2 heterocycles. The number of benzene rings is 1. The minimum absolute atomic E-state index is 0.0192. The van der Waals surface area contributed by atoms with Gasteiger partial charge in [0.25, 0.3) is 0 Å². The molecule has 34 heavy (non-hydrogen) atoms. The molecule has 0 unspecified atom stereocenters. The highest BCUT2D eigenvalue weighted by Gasteiger charge is 2.56. The molecule has 4 atom stereocenters. The number of carbonyl (C=O) groups excluding carboxylic acids is 2. The fourth-order valence-corrected chi connectivity index (χ4v) is 6.08. The van der Waals surface area contributed by atoms with Crippen LogP contribution in [0.2, 0.25) is 0 Å². The average molecular weight is 468 g/mol. The lowest BCUT2D eigenvalue weighted by Crippen LogP contribution is -2.35. The third-order valence-electron chi connectivity index (χ3n) is 7.59. The lowest BCUT2D eigenvalue weighted by Gasteiger charge is -2.31. The molecule has 6 heteroatoms. The summed E-state index contributed by atoms with van der Waals surface area (Å²) in [4.78, 5) is 27.6. The maximum atomic E-state index is 13.2. The van der Waals surface area contributed by atoms with Gasteiger partial charge in [-0.15, -0.1) is 0 Å². The highest BCUT2D eigenvalue weighted by atomic mass is 16.5. The van der Waals surface area contributed by atoms with Crippen molar-refractivity contribution in [3.63, 3.8) is 0 Å². The van der Waals surface area contributed by atoms with E-state index in [-0.39, 0.29) is 35.7 Å². The highest BCUT2D eigenvalue weighted by molar-refractivity contribution is 6.05. The van der Waals surface area contributed by atoms with Gasteiger partial charge in [0.2, 0.25) is 11.8 Å². The molecule has 2 fully saturated rings. The third-order valence-corrected chi connectivity index (χ3v) is 7.59. The smallest absolute Gasteiger partial charge is 0.233 e. The maximum absolute atomic E-state index is 13.2. The number of imide groups is 1. The molecule has 0 aromatic heterocycles. The molecule has 1 N–H and O–H groups in total. The van der Waals surface area contributed by atoms with Crippen molar-refractivity contribution in [3.8, 4) is 5.75 Å². The number of methoxy groups -OCH3 is 1. The molecule has 0 saturated carbocycles. The Morgan fingerprint density at radius 3 is 2.56 bits per heavy atom. The molecular weight excluding hydrogens is 430 g/mol. The molecule has 1 aromatic carbocycles. The molecule has 1 aromatic rings. The minimum atomic E-state index is -0.292. The van der Waals surface area contributed by atoms with Crippen molar-refractivity contribution in [1.29, 1.82) is 0 Å². The number of carbonyl (C=O) groups is 2. The van der Waals surface area contributed by atoms with Crippen molar-refractivity contribution in [2.45, 2.75) is 59.5 Å². The summed E-state index contributed by atoms with van der Waals surface area (Å²) in [6.45, 7) is 9.41. The van der Waals surface area contributed by atoms with E-state index in [1.54, 1.807) is 7.11 Å². The molecule has 2 aliphatic heterocycles. The number of phenols is 1. The van der Waals surface area contributed by atoms with E-state index >= 15 is 0 Å². The number of likely N-dealkylation sites (tertiary alicyclic amines) is 1. The van der Waals surface area contributed by atoms with E-state index in [0.717, 1.165) is 41.5 Å². The summed E-state index contributed by atoms with van der Waals surface area (Å²) in [5.41, 5.74) is 6.41. The molecule has 1 aliphatic carbocycles. The van der Waals surface area contributed by atoms with E-state index in [9.17, 15) is 14.7 Å². The number of hydrogen-bond acceptors (Lipinski definition) is 5. The van der Waals surface area contributed by atoms with Crippen molar-refractivity contribution >= 4 is 17.9 Å². The number of aryl methyl sites for hydroxylation is 2. The molecular formula is C28H37NO5. The second-order valence-electron chi connectivity index (χ2n) is 10.1. The lowest BCUT2D eigenvalue weighted by atomic mass is 9.69. The molecule has 0 bridgehead atoms. The van der Waals surface area contributed by atoms with E-state index in [1.807, 2.05) is 32.9 Å². The first kappa shape index (κ1) is 24.7. The first-order valence-electron chi connectivity index (χ1n) is 12.4. The van der Waals surface area contributed by atoms with Crippen LogP contribution in [0.1, 0.15) is 56.2 Å². The normalized spacial score (nSPS) is 27.0. The predicted molar refractivity (Wildman–Crippen MR) is 131 cm³/mol. The number of fused-ring (bicyclic) bond motifs is 3.